The molecular formula is C2H2N5O. The third kappa shape index (κ3) is 0.780. The highest BCUT2D eigenvalue weighted by Crippen LogP contribution is 1.83. The van der Waals surface area contributed by atoms with Crippen molar-refractivity contribution in [3.05, 3.63) is 0 Å². The molecule has 0 aliphatic heterocycles. The van der Waals surface area contributed by atoms with Gasteiger partial charge in [0.15, 0.2) is 0 Å². The summed E-state index contributed by atoms with van der Waals surface area (Å²) < 4.78 is 0. The van der Waals surface area contributed by atoms with Gasteiger partial charge in [-0.05, 0) is 10.4 Å². The number of aromatic nitrogens is 4. The minimum atomic E-state index is 0.194. The summed E-state index contributed by atoms with van der Waals surface area (Å²) in [6.45, 7) is 0. The van der Waals surface area contributed by atoms with Crippen molar-refractivity contribution in [2.75, 3.05) is 5.32 Å². The lowest BCUT2D eigenvalue weighted by Crippen LogP contribution is -1.94. The average Bonchev–Trinajstić information content (AvgIpc) is 2.19. The Balaban J connectivity index is 2.62. The first kappa shape index (κ1) is 4.69. The van der Waals surface area contributed by atoms with Crippen LogP contribution in [0.25, 0.3) is 0 Å². The van der Waals surface area contributed by atoms with Gasteiger partial charge in [-0.3, -0.25) is 10.1 Å². The summed E-state index contributed by atoms with van der Waals surface area (Å²) in [6, 6.07) is 0. The number of carbonyl (C=O) groups excluding carboxylic acids is 1. The van der Waals surface area contributed by atoms with Crippen LogP contribution in [0.4, 0.5) is 5.95 Å². The Morgan fingerprint density at radius 2 is 2.62 bits per heavy atom. The van der Waals surface area contributed by atoms with Crippen LogP contribution in [-0.2, 0) is 4.79 Å². The second kappa shape index (κ2) is 2.01. The van der Waals surface area contributed by atoms with Gasteiger partial charge < -0.3 is 0 Å². The molecule has 6 heteroatoms. The Bertz CT molecular complexity index is 157. The highest BCUT2D eigenvalue weighted by molar-refractivity contribution is 5.66. The van der Waals surface area contributed by atoms with E-state index in [0.717, 1.165) is 0 Å². The minimum absolute atomic E-state index is 0.194. The van der Waals surface area contributed by atoms with Crippen LogP contribution in [0, 0.1) is 0 Å². The van der Waals surface area contributed by atoms with Gasteiger partial charge in [0.2, 0.25) is 5.95 Å². The van der Waals surface area contributed by atoms with Crippen LogP contribution >= 0.6 is 0 Å². The molecule has 0 spiro atoms. The Morgan fingerprint density at radius 3 is 3.12 bits per heavy atom. The van der Waals surface area contributed by atoms with Gasteiger partial charge in [0.05, 0.1) is 0 Å². The first-order chi connectivity index (χ1) is 3.93. The number of nitrogens with one attached hydrogen (secondary N) is 2. The van der Waals surface area contributed by atoms with Crippen LogP contribution in [0.15, 0.2) is 0 Å². The molecule has 0 fully saturated rings. The van der Waals surface area contributed by atoms with Gasteiger partial charge in [-0.1, -0.05) is 5.10 Å². The van der Waals surface area contributed by atoms with Crippen molar-refractivity contribution in [1.29, 1.82) is 0 Å². The van der Waals surface area contributed by atoms with Crippen molar-refractivity contribution in [3.8, 4) is 0 Å². The van der Waals surface area contributed by atoms with E-state index in [4.69, 9.17) is 0 Å². The lowest BCUT2D eigenvalue weighted by Gasteiger charge is -1.79. The summed E-state index contributed by atoms with van der Waals surface area (Å²) >= 11 is 0. The Morgan fingerprint density at radius 1 is 1.75 bits per heavy atom. The van der Waals surface area contributed by atoms with Crippen LogP contribution in [0.2, 0.25) is 0 Å². The number of hydrogen-bond acceptors (Lipinski definition) is 4. The zero-order valence-electron chi connectivity index (χ0n) is 3.75. The number of rotatable bonds is 2. The monoisotopic (exact) mass is 112 g/mol. The standard InChI is InChI=1S/C2H2N5O/c8-1-3-2-4-6-7-5-2/h(H2,3,4,5,6,7,8). The van der Waals surface area contributed by atoms with Crippen molar-refractivity contribution in [2.45, 2.75) is 0 Å². The minimum Gasteiger partial charge on any atom is -0.285 e. The lowest BCUT2D eigenvalue weighted by atomic mass is 11.0. The van der Waals surface area contributed by atoms with Crippen molar-refractivity contribution < 1.29 is 4.79 Å². The van der Waals surface area contributed by atoms with E-state index in [1.54, 1.807) is 0 Å². The number of nitrogens with zero attached hydrogens (tertiary/aromatic N) is 3. The van der Waals surface area contributed by atoms with Gasteiger partial charge in [0.1, 0.15) is 0 Å². The van der Waals surface area contributed by atoms with Crippen molar-refractivity contribution >= 4 is 12.4 Å². The van der Waals surface area contributed by atoms with Crippen molar-refractivity contribution in [2.24, 2.45) is 0 Å². The van der Waals surface area contributed by atoms with E-state index in [1.165, 1.54) is 6.41 Å². The van der Waals surface area contributed by atoms with Gasteiger partial charge in [-0.25, -0.2) is 5.10 Å². The average molecular weight is 112 g/mol. The topological polar surface area (TPSA) is 83.6 Å². The van der Waals surface area contributed by atoms with Crippen LogP contribution < -0.4 is 5.32 Å². The van der Waals surface area contributed by atoms with Gasteiger partial charge in [-0.15, -0.1) is 0 Å². The summed E-state index contributed by atoms with van der Waals surface area (Å²) in [4.78, 5) is 9.52. The number of H-pyrrole nitrogens is 1. The number of hydrogen-bond donors (Lipinski definition) is 2. The predicted octanol–water partition coefficient (Wildman–Crippen LogP) is -1.32. The predicted molar refractivity (Wildman–Crippen MR) is 23.5 cm³/mol. The molecule has 1 heterocycles. The van der Waals surface area contributed by atoms with E-state index in [9.17, 15) is 4.79 Å². The molecule has 2 N–H and O–H groups in total. The van der Waals surface area contributed by atoms with Crippen LogP contribution in [0.5, 0.6) is 0 Å². The molecule has 1 radical (unpaired) electrons. The summed E-state index contributed by atoms with van der Waals surface area (Å²) in [7, 11) is 0. The number of anilines is 1. The quantitative estimate of drug-likeness (QED) is 0.465. The Labute approximate surface area is 44.3 Å². The molecule has 0 unspecified atom stereocenters. The first-order valence-corrected chi connectivity index (χ1v) is 1.80. The largest absolute Gasteiger partial charge is 0.316 e. The van der Waals surface area contributed by atoms with Crippen molar-refractivity contribution in [3.63, 3.8) is 0 Å². The Kier molecular flexibility index (Phi) is 1.18. The number of amides is 1. The van der Waals surface area contributed by atoms with Crippen molar-refractivity contribution in [1.82, 2.24) is 20.6 Å². The Hall–Kier alpha value is -1.46. The molecule has 1 aromatic rings. The summed E-state index contributed by atoms with van der Waals surface area (Å²) in [5.41, 5.74) is 0. The molecule has 0 atom stereocenters. The van der Waals surface area contributed by atoms with Gasteiger partial charge in [0.25, 0.3) is 0 Å². The summed E-state index contributed by atoms with van der Waals surface area (Å²) in [5, 5.41) is 14.1. The van der Waals surface area contributed by atoms with Gasteiger partial charge in [0, 0.05) is 0 Å². The highest BCUT2D eigenvalue weighted by Gasteiger charge is 1.89. The molecule has 0 aliphatic carbocycles. The van der Waals surface area contributed by atoms with E-state index >= 15 is 0 Å². The van der Waals surface area contributed by atoms with E-state index in [-0.39, 0.29) is 5.95 Å². The second-order valence-electron chi connectivity index (χ2n) is 0.977. The molecule has 1 aromatic heterocycles. The first-order valence-electron chi connectivity index (χ1n) is 1.80. The third-order valence-electron chi connectivity index (χ3n) is 0.515. The van der Waals surface area contributed by atoms with Gasteiger partial charge in [-0.2, -0.15) is 0 Å². The molecule has 0 saturated carbocycles. The van der Waals surface area contributed by atoms with Gasteiger partial charge >= 0.3 is 6.41 Å². The van der Waals surface area contributed by atoms with Crippen LogP contribution in [0.3, 0.4) is 0 Å². The number of aromatic amines is 1. The lowest BCUT2D eigenvalue weighted by molar-refractivity contribution is 0.560. The zero-order valence-corrected chi connectivity index (χ0v) is 3.75. The fourth-order valence-corrected chi connectivity index (χ4v) is 0.260. The molecule has 1 amide bonds. The van der Waals surface area contributed by atoms with E-state index in [0.29, 0.717) is 0 Å². The smallest absolute Gasteiger partial charge is 0.285 e. The van der Waals surface area contributed by atoms with Crippen LogP contribution in [0.1, 0.15) is 0 Å². The molecular weight excluding hydrogens is 110 g/mol. The molecule has 8 heavy (non-hydrogen) atoms. The second-order valence-corrected chi connectivity index (χ2v) is 0.977. The molecule has 0 aromatic carbocycles. The summed E-state index contributed by atoms with van der Waals surface area (Å²) in [5.74, 6) is 0.194. The number of tetrazole rings is 1. The third-order valence-corrected chi connectivity index (χ3v) is 0.515. The highest BCUT2D eigenvalue weighted by atomic mass is 16.1. The molecule has 41 valence electrons. The molecule has 1 rings (SSSR count). The summed E-state index contributed by atoms with van der Waals surface area (Å²) in [6.07, 6.45) is 1.40. The molecule has 0 bridgehead atoms. The van der Waals surface area contributed by atoms with E-state index < -0.39 is 0 Å². The maximum absolute atomic E-state index is 9.52. The maximum Gasteiger partial charge on any atom is 0.316 e. The van der Waals surface area contributed by atoms with E-state index in [2.05, 4.69) is 25.9 Å². The molecule has 0 saturated heterocycles. The van der Waals surface area contributed by atoms with E-state index in [1.807, 2.05) is 0 Å². The van der Waals surface area contributed by atoms with Crippen LogP contribution in [-0.4, -0.2) is 27.0 Å². The zero-order chi connectivity index (χ0) is 5.82. The fraction of sp³-hybridized carbons (Fsp3) is 0. The SMILES string of the molecule is O=[C]Nc1nnn[nH]1. The normalized spacial score (nSPS) is 8.50. The molecule has 6 nitrogen and oxygen atoms in total. The maximum atomic E-state index is 9.52. The molecule has 0 aliphatic rings. The fourth-order valence-electron chi connectivity index (χ4n) is 0.260.